The lowest BCUT2D eigenvalue weighted by atomic mass is 10.2. The van der Waals surface area contributed by atoms with Crippen molar-refractivity contribution in [1.82, 2.24) is 9.88 Å². The third kappa shape index (κ3) is 4.86. The van der Waals surface area contributed by atoms with Gasteiger partial charge in [0.1, 0.15) is 18.2 Å². The fourth-order valence-electron chi connectivity index (χ4n) is 3.53. The van der Waals surface area contributed by atoms with Gasteiger partial charge in [-0.05, 0) is 41.5 Å². The Morgan fingerprint density at radius 2 is 1.62 bits per heavy atom. The minimum Gasteiger partial charge on any atom is -0.350 e. The summed E-state index contributed by atoms with van der Waals surface area (Å²) in [6, 6.07) is 18.2. The number of hydrogen-bond donors (Lipinski definition) is 1. The maximum absolute atomic E-state index is 13.5. The number of nitrogens with one attached hydrogen (secondary N) is 1. The standard InChI is InChI=1S/C24H20F2N2O3S/c25-19-10-8-17(9-11-19)13-27-24(29)15-28-14-23(21-6-1-2-7-22(21)28)32(30,31)16-18-4-3-5-20(26)12-18/h1-12,14H,13,15-16H2,(H,27,29). The van der Waals surface area contributed by atoms with Gasteiger partial charge < -0.3 is 9.88 Å². The molecule has 1 N–H and O–H groups in total. The summed E-state index contributed by atoms with van der Waals surface area (Å²) in [7, 11) is -3.79. The molecule has 0 atom stereocenters. The predicted octanol–water partition coefficient (Wildman–Crippen LogP) is 4.21. The topological polar surface area (TPSA) is 68.2 Å². The number of aromatic nitrogens is 1. The van der Waals surface area contributed by atoms with Crippen molar-refractivity contribution in [1.29, 1.82) is 0 Å². The van der Waals surface area contributed by atoms with Crippen LogP contribution in [0.2, 0.25) is 0 Å². The summed E-state index contributed by atoms with van der Waals surface area (Å²) in [5.41, 5.74) is 1.69. The van der Waals surface area contributed by atoms with Crippen molar-refractivity contribution < 1.29 is 22.0 Å². The van der Waals surface area contributed by atoms with Crippen LogP contribution in [-0.2, 0) is 33.5 Å². The van der Waals surface area contributed by atoms with Gasteiger partial charge in [0.25, 0.3) is 0 Å². The molecule has 0 spiro atoms. The number of sulfone groups is 1. The van der Waals surface area contributed by atoms with Gasteiger partial charge in [0, 0.05) is 23.6 Å². The molecule has 1 heterocycles. The second-order valence-corrected chi connectivity index (χ2v) is 9.39. The number of halogens is 2. The van der Waals surface area contributed by atoms with Crippen molar-refractivity contribution in [3.63, 3.8) is 0 Å². The zero-order valence-electron chi connectivity index (χ0n) is 17.0. The Labute approximate surface area is 184 Å². The molecule has 0 radical (unpaired) electrons. The fraction of sp³-hybridized carbons (Fsp3) is 0.125. The molecule has 0 aliphatic rings. The van der Waals surface area contributed by atoms with E-state index in [-0.39, 0.29) is 35.5 Å². The van der Waals surface area contributed by atoms with Crippen LogP contribution in [0.5, 0.6) is 0 Å². The highest BCUT2D eigenvalue weighted by Gasteiger charge is 2.22. The van der Waals surface area contributed by atoms with Gasteiger partial charge >= 0.3 is 0 Å². The molecule has 0 bridgehead atoms. The molecule has 3 aromatic carbocycles. The molecule has 5 nitrogen and oxygen atoms in total. The number of carbonyl (C=O) groups is 1. The van der Waals surface area contributed by atoms with Gasteiger partial charge in [-0.2, -0.15) is 0 Å². The lowest BCUT2D eigenvalue weighted by Gasteiger charge is -2.07. The first-order valence-corrected chi connectivity index (χ1v) is 11.5. The highest BCUT2D eigenvalue weighted by molar-refractivity contribution is 7.90. The number of hydrogen-bond acceptors (Lipinski definition) is 3. The number of amides is 1. The van der Waals surface area contributed by atoms with E-state index in [0.29, 0.717) is 16.5 Å². The van der Waals surface area contributed by atoms with Gasteiger partial charge in [-0.1, -0.05) is 42.5 Å². The highest BCUT2D eigenvalue weighted by atomic mass is 32.2. The molecule has 4 aromatic rings. The smallest absolute Gasteiger partial charge is 0.240 e. The quantitative estimate of drug-likeness (QED) is 0.455. The Balaban J connectivity index is 1.57. The van der Waals surface area contributed by atoms with E-state index in [1.54, 1.807) is 47.0 Å². The highest BCUT2D eigenvalue weighted by Crippen LogP contribution is 2.28. The van der Waals surface area contributed by atoms with E-state index in [2.05, 4.69) is 5.32 Å². The van der Waals surface area contributed by atoms with Crippen molar-refractivity contribution >= 4 is 26.6 Å². The number of benzene rings is 3. The predicted molar refractivity (Wildman–Crippen MR) is 117 cm³/mol. The first-order chi connectivity index (χ1) is 15.3. The summed E-state index contributed by atoms with van der Waals surface area (Å²) in [5.74, 6) is -1.52. The average Bonchev–Trinajstić information content (AvgIpc) is 3.12. The zero-order valence-corrected chi connectivity index (χ0v) is 17.8. The molecule has 164 valence electrons. The Morgan fingerprint density at radius 1 is 0.875 bits per heavy atom. The molecule has 0 unspecified atom stereocenters. The molecular weight excluding hydrogens is 434 g/mol. The van der Waals surface area contributed by atoms with Crippen molar-refractivity contribution in [2.24, 2.45) is 0 Å². The number of nitrogens with zero attached hydrogens (tertiary/aromatic N) is 1. The lowest BCUT2D eigenvalue weighted by molar-refractivity contribution is -0.121. The molecule has 0 saturated carbocycles. The lowest BCUT2D eigenvalue weighted by Crippen LogP contribution is -2.26. The summed E-state index contributed by atoms with van der Waals surface area (Å²) in [6.45, 7) is 0.139. The molecular formula is C24H20F2N2O3S. The van der Waals surface area contributed by atoms with E-state index in [9.17, 15) is 22.0 Å². The SMILES string of the molecule is O=C(Cn1cc(S(=O)(=O)Cc2cccc(F)c2)c2ccccc21)NCc1ccc(F)cc1. The van der Waals surface area contributed by atoms with Crippen LogP contribution in [0.25, 0.3) is 10.9 Å². The maximum atomic E-state index is 13.5. The van der Waals surface area contributed by atoms with Crippen molar-refractivity contribution in [2.75, 3.05) is 0 Å². The normalized spacial score (nSPS) is 11.6. The summed E-state index contributed by atoms with van der Waals surface area (Å²) in [5, 5.41) is 3.25. The summed E-state index contributed by atoms with van der Waals surface area (Å²) >= 11 is 0. The van der Waals surface area contributed by atoms with Gasteiger partial charge in [0.2, 0.25) is 5.91 Å². The summed E-state index contributed by atoms with van der Waals surface area (Å²) < 4.78 is 54.3. The molecule has 1 aromatic heterocycles. The molecule has 0 fully saturated rings. The largest absolute Gasteiger partial charge is 0.350 e. The van der Waals surface area contributed by atoms with Crippen LogP contribution in [0.1, 0.15) is 11.1 Å². The Morgan fingerprint density at radius 3 is 2.38 bits per heavy atom. The second-order valence-electron chi connectivity index (χ2n) is 7.43. The van der Waals surface area contributed by atoms with Gasteiger partial charge in [-0.15, -0.1) is 0 Å². The molecule has 32 heavy (non-hydrogen) atoms. The van der Waals surface area contributed by atoms with Gasteiger partial charge in [-0.3, -0.25) is 4.79 Å². The molecule has 0 aliphatic heterocycles. The first-order valence-electron chi connectivity index (χ1n) is 9.88. The van der Waals surface area contributed by atoms with Crippen molar-refractivity contribution in [3.8, 4) is 0 Å². The van der Waals surface area contributed by atoms with E-state index in [1.165, 1.54) is 36.5 Å². The maximum Gasteiger partial charge on any atom is 0.240 e. The van der Waals surface area contributed by atoms with Crippen LogP contribution in [0.3, 0.4) is 0 Å². The van der Waals surface area contributed by atoms with E-state index in [1.807, 2.05) is 0 Å². The monoisotopic (exact) mass is 454 g/mol. The van der Waals surface area contributed by atoms with Gasteiger partial charge in [0.15, 0.2) is 9.84 Å². The molecule has 0 aliphatic carbocycles. The first kappa shape index (κ1) is 21.7. The van der Waals surface area contributed by atoms with Crippen LogP contribution < -0.4 is 5.32 Å². The Hall–Kier alpha value is -3.52. The van der Waals surface area contributed by atoms with Crippen LogP contribution in [0, 0.1) is 11.6 Å². The molecule has 0 saturated heterocycles. The van der Waals surface area contributed by atoms with Crippen LogP contribution in [0.4, 0.5) is 8.78 Å². The number of fused-ring (bicyclic) bond motifs is 1. The molecule has 4 rings (SSSR count). The molecule has 1 amide bonds. The van der Waals surface area contributed by atoms with Gasteiger partial charge in [-0.25, -0.2) is 17.2 Å². The van der Waals surface area contributed by atoms with Crippen molar-refractivity contribution in [3.05, 3.63) is 102 Å². The van der Waals surface area contributed by atoms with E-state index < -0.39 is 15.7 Å². The zero-order chi connectivity index (χ0) is 22.7. The minimum absolute atomic E-state index is 0.0861. The Bertz CT molecular complexity index is 1380. The van der Waals surface area contributed by atoms with Crippen LogP contribution in [-0.4, -0.2) is 18.9 Å². The van der Waals surface area contributed by atoms with Crippen LogP contribution in [0.15, 0.2) is 83.9 Å². The summed E-state index contributed by atoms with van der Waals surface area (Å²) in [6.07, 6.45) is 1.44. The Kier molecular flexibility index (Phi) is 6.05. The van der Waals surface area contributed by atoms with E-state index >= 15 is 0 Å². The number of para-hydroxylation sites is 1. The van der Waals surface area contributed by atoms with E-state index in [0.717, 1.165) is 5.56 Å². The minimum atomic E-state index is -3.79. The third-order valence-electron chi connectivity index (χ3n) is 5.05. The second kappa shape index (κ2) is 8.92. The molecule has 8 heteroatoms. The average molecular weight is 454 g/mol. The van der Waals surface area contributed by atoms with Gasteiger partial charge in [0.05, 0.1) is 10.6 Å². The number of carbonyl (C=O) groups excluding carboxylic acids is 1. The summed E-state index contributed by atoms with van der Waals surface area (Å²) in [4.78, 5) is 12.6. The number of rotatable bonds is 7. The van der Waals surface area contributed by atoms with Crippen molar-refractivity contribution in [2.45, 2.75) is 23.7 Å². The van der Waals surface area contributed by atoms with E-state index in [4.69, 9.17) is 0 Å². The third-order valence-corrected chi connectivity index (χ3v) is 6.76. The van der Waals surface area contributed by atoms with Crippen LogP contribution >= 0.6 is 0 Å². The fourth-order valence-corrected chi connectivity index (χ4v) is 5.10.